The molecule has 0 unspecified atom stereocenters. The summed E-state index contributed by atoms with van der Waals surface area (Å²) in [5.41, 5.74) is 5.18. The highest BCUT2D eigenvalue weighted by atomic mass is 19.1. The van der Waals surface area contributed by atoms with Crippen LogP contribution in [0.15, 0.2) is 18.2 Å². The van der Waals surface area contributed by atoms with Crippen LogP contribution >= 0.6 is 0 Å². The van der Waals surface area contributed by atoms with Crippen molar-refractivity contribution < 1.29 is 14.0 Å². The number of hydrogen-bond donors (Lipinski definition) is 1. The van der Waals surface area contributed by atoms with E-state index in [0.717, 1.165) is 12.1 Å². The summed E-state index contributed by atoms with van der Waals surface area (Å²) in [6.07, 6.45) is 0.499. The van der Waals surface area contributed by atoms with Crippen LogP contribution in [0.1, 0.15) is 15.9 Å². The Labute approximate surface area is 79.7 Å². The lowest BCUT2D eigenvalue weighted by molar-refractivity contribution is -0.112. The van der Waals surface area contributed by atoms with Gasteiger partial charge in [0.05, 0.1) is 0 Å². The highest BCUT2D eigenvalue weighted by Crippen LogP contribution is 2.06. The van der Waals surface area contributed by atoms with E-state index in [1.807, 2.05) is 5.92 Å². The Bertz CT molecular complexity index is 443. The number of carbonyl (C=O) groups is 2. The van der Waals surface area contributed by atoms with Gasteiger partial charge in [0.1, 0.15) is 12.1 Å². The van der Waals surface area contributed by atoms with Crippen molar-refractivity contribution in [2.45, 2.75) is 0 Å². The second-order valence-corrected chi connectivity index (χ2v) is 2.51. The van der Waals surface area contributed by atoms with Crippen LogP contribution in [0.2, 0.25) is 0 Å². The van der Waals surface area contributed by atoms with Crippen molar-refractivity contribution in [3.05, 3.63) is 35.1 Å². The van der Waals surface area contributed by atoms with Gasteiger partial charge in [-0.2, -0.15) is 0 Å². The van der Waals surface area contributed by atoms with Crippen LogP contribution in [0.5, 0.6) is 0 Å². The van der Waals surface area contributed by atoms with E-state index in [2.05, 4.69) is 5.92 Å². The topological polar surface area (TPSA) is 60.2 Å². The molecule has 0 saturated carbocycles. The van der Waals surface area contributed by atoms with Gasteiger partial charge < -0.3 is 5.73 Å². The molecule has 0 aliphatic heterocycles. The van der Waals surface area contributed by atoms with E-state index in [0.29, 0.717) is 6.29 Å². The van der Waals surface area contributed by atoms with Crippen LogP contribution in [0.3, 0.4) is 0 Å². The summed E-state index contributed by atoms with van der Waals surface area (Å²) in [4.78, 5) is 20.6. The Hall–Kier alpha value is -2.15. The summed E-state index contributed by atoms with van der Waals surface area (Å²) in [5.74, 6) is 3.00. The molecule has 1 aromatic carbocycles. The van der Waals surface area contributed by atoms with Gasteiger partial charge in [-0.25, -0.2) is 4.39 Å². The molecule has 0 radical (unpaired) electrons. The average Bonchev–Trinajstić information content (AvgIpc) is 2.14. The average molecular weight is 191 g/mol. The molecule has 0 atom stereocenters. The summed E-state index contributed by atoms with van der Waals surface area (Å²) in [6, 6.07) is 3.55. The van der Waals surface area contributed by atoms with Crippen molar-refractivity contribution in [1.82, 2.24) is 0 Å². The molecule has 3 nitrogen and oxygen atoms in total. The fourth-order valence-corrected chi connectivity index (χ4v) is 0.886. The number of aldehydes is 1. The molecule has 1 rings (SSSR count). The second kappa shape index (κ2) is 4.19. The maximum Gasteiger partial charge on any atom is 0.293 e. The molecule has 0 heterocycles. The van der Waals surface area contributed by atoms with Crippen molar-refractivity contribution in [1.29, 1.82) is 0 Å². The van der Waals surface area contributed by atoms with E-state index in [-0.39, 0.29) is 11.1 Å². The van der Waals surface area contributed by atoms with E-state index >= 15 is 0 Å². The largest absolute Gasteiger partial charge is 0.359 e. The van der Waals surface area contributed by atoms with Crippen molar-refractivity contribution in [2.75, 3.05) is 0 Å². The van der Waals surface area contributed by atoms with E-state index in [9.17, 15) is 14.0 Å². The molecule has 0 spiro atoms. The highest BCUT2D eigenvalue weighted by Gasteiger charge is 1.97. The van der Waals surface area contributed by atoms with Crippen molar-refractivity contribution in [3.8, 4) is 11.8 Å². The third kappa shape index (κ3) is 2.72. The molecule has 14 heavy (non-hydrogen) atoms. The van der Waals surface area contributed by atoms with Gasteiger partial charge in [0.15, 0.2) is 0 Å². The first-order valence-corrected chi connectivity index (χ1v) is 3.69. The minimum Gasteiger partial charge on any atom is -0.359 e. The Kier molecular flexibility index (Phi) is 2.97. The van der Waals surface area contributed by atoms with Gasteiger partial charge >= 0.3 is 0 Å². The molecule has 0 aromatic heterocycles. The normalized spacial score (nSPS) is 8.64. The monoisotopic (exact) mass is 191 g/mol. The zero-order valence-corrected chi connectivity index (χ0v) is 7.08. The number of carbonyl (C=O) groups excluding carboxylic acids is 2. The molecule has 0 bridgehead atoms. The number of amides is 1. The lowest BCUT2D eigenvalue weighted by Crippen LogP contribution is -2.06. The molecular formula is C10H6FNO2. The van der Waals surface area contributed by atoms with Crippen LogP contribution in [-0.4, -0.2) is 12.2 Å². The van der Waals surface area contributed by atoms with Gasteiger partial charge in [-0.3, -0.25) is 9.59 Å². The van der Waals surface area contributed by atoms with E-state index in [4.69, 9.17) is 5.73 Å². The zero-order valence-electron chi connectivity index (χ0n) is 7.08. The maximum absolute atomic E-state index is 12.8. The molecule has 2 N–H and O–H groups in total. The number of rotatable bonds is 1. The maximum atomic E-state index is 12.8. The van der Waals surface area contributed by atoms with Gasteiger partial charge in [0.2, 0.25) is 0 Å². The first kappa shape index (κ1) is 9.93. The highest BCUT2D eigenvalue weighted by molar-refractivity contribution is 5.92. The quantitative estimate of drug-likeness (QED) is 0.518. The van der Waals surface area contributed by atoms with Gasteiger partial charge in [-0.1, -0.05) is 5.92 Å². The molecule has 0 saturated heterocycles. The third-order valence-corrected chi connectivity index (χ3v) is 1.39. The molecule has 0 aliphatic rings. The molecule has 0 aliphatic carbocycles. The first-order chi connectivity index (χ1) is 6.61. The molecular weight excluding hydrogens is 185 g/mol. The van der Waals surface area contributed by atoms with E-state index in [1.165, 1.54) is 6.07 Å². The number of primary amides is 1. The van der Waals surface area contributed by atoms with Gasteiger partial charge in [0.25, 0.3) is 5.91 Å². The number of nitrogens with two attached hydrogens (primary N) is 1. The molecule has 4 heteroatoms. The Morgan fingerprint density at radius 1 is 1.43 bits per heavy atom. The Balaban J connectivity index is 3.11. The fraction of sp³-hybridized carbons (Fsp3) is 0. The summed E-state index contributed by atoms with van der Waals surface area (Å²) >= 11 is 0. The predicted octanol–water partition coefficient (Wildman–Crippen LogP) is 0.475. The number of halogens is 1. The van der Waals surface area contributed by atoms with Gasteiger partial charge in [0, 0.05) is 11.1 Å². The second-order valence-electron chi connectivity index (χ2n) is 2.51. The van der Waals surface area contributed by atoms with Gasteiger partial charge in [-0.05, 0) is 24.1 Å². The van der Waals surface area contributed by atoms with Gasteiger partial charge in [-0.15, -0.1) is 0 Å². The zero-order chi connectivity index (χ0) is 10.6. The van der Waals surface area contributed by atoms with Crippen LogP contribution < -0.4 is 5.73 Å². The summed E-state index contributed by atoms with van der Waals surface area (Å²) in [6.45, 7) is 0. The SMILES string of the molecule is NC(=O)C#Cc1cc(F)cc(C=O)c1. The summed E-state index contributed by atoms with van der Waals surface area (Å²) in [5, 5.41) is 0. The van der Waals surface area contributed by atoms with Crippen molar-refractivity contribution >= 4 is 12.2 Å². The number of hydrogen-bond acceptors (Lipinski definition) is 2. The molecule has 70 valence electrons. The first-order valence-electron chi connectivity index (χ1n) is 3.69. The van der Waals surface area contributed by atoms with Crippen LogP contribution in [0.25, 0.3) is 0 Å². The van der Waals surface area contributed by atoms with Crippen LogP contribution in [0, 0.1) is 17.7 Å². The van der Waals surface area contributed by atoms with Crippen molar-refractivity contribution in [2.24, 2.45) is 5.73 Å². The van der Waals surface area contributed by atoms with Crippen LogP contribution in [-0.2, 0) is 4.79 Å². The smallest absolute Gasteiger partial charge is 0.293 e. The lowest BCUT2D eigenvalue weighted by Gasteiger charge is -1.93. The minimum absolute atomic E-state index is 0.166. The van der Waals surface area contributed by atoms with E-state index in [1.54, 1.807) is 0 Å². The molecule has 1 aromatic rings. The fourth-order valence-electron chi connectivity index (χ4n) is 0.886. The molecule has 0 fully saturated rings. The predicted molar refractivity (Wildman–Crippen MR) is 47.9 cm³/mol. The Morgan fingerprint density at radius 3 is 2.71 bits per heavy atom. The minimum atomic E-state index is -0.804. The summed E-state index contributed by atoms with van der Waals surface area (Å²) in [7, 11) is 0. The number of benzene rings is 1. The Morgan fingerprint density at radius 2 is 2.14 bits per heavy atom. The lowest BCUT2D eigenvalue weighted by atomic mass is 10.1. The molecule has 1 amide bonds. The summed E-state index contributed by atoms with van der Waals surface area (Å²) < 4.78 is 12.8. The van der Waals surface area contributed by atoms with Crippen molar-refractivity contribution in [3.63, 3.8) is 0 Å². The van der Waals surface area contributed by atoms with E-state index < -0.39 is 11.7 Å². The third-order valence-electron chi connectivity index (χ3n) is 1.39. The van der Waals surface area contributed by atoms with Crippen LogP contribution in [0.4, 0.5) is 4.39 Å². The standard InChI is InChI=1S/C10H6FNO2/c11-9-4-7(1-2-10(12)14)3-8(5-9)6-13/h3-6H,(H2,12,14).